The number of rotatable bonds is 3. The lowest BCUT2D eigenvalue weighted by Gasteiger charge is -2.05. The van der Waals surface area contributed by atoms with Gasteiger partial charge < -0.3 is 5.73 Å². The van der Waals surface area contributed by atoms with Crippen LogP contribution in [0, 0.1) is 6.92 Å². The number of nitrogens with zero attached hydrogens (tertiary/aromatic N) is 2. The number of aromatic nitrogens is 2. The summed E-state index contributed by atoms with van der Waals surface area (Å²) in [5.41, 5.74) is 8.99. The number of aryl methyl sites for hydroxylation is 1. The Hall–Kier alpha value is -1.46. The molecule has 0 saturated carbocycles. The SMILES string of the molecule is Cc1ccc(N)cc1SCc1cn2ccsc2n1. The molecule has 0 aliphatic carbocycles. The molecular formula is C13H13N3S2. The number of imidazole rings is 1. The Labute approximate surface area is 114 Å². The van der Waals surface area contributed by atoms with Gasteiger partial charge in [0.05, 0.1) is 5.69 Å². The van der Waals surface area contributed by atoms with Gasteiger partial charge in [0, 0.05) is 34.1 Å². The largest absolute Gasteiger partial charge is 0.399 e. The van der Waals surface area contributed by atoms with Gasteiger partial charge in [-0.3, -0.25) is 4.40 Å². The van der Waals surface area contributed by atoms with E-state index in [1.54, 1.807) is 23.1 Å². The van der Waals surface area contributed by atoms with E-state index in [0.29, 0.717) is 0 Å². The highest BCUT2D eigenvalue weighted by Crippen LogP contribution is 2.27. The van der Waals surface area contributed by atoms with Crippen LogP contribution in [0.5, 0.6) is 0 Å². The van der Waals surface area contributed by atoms with Crippen molar-refractivity contribution in [2.75, 3.05) is 5.73 Å². The summed E-state index contributed by atoms with van der Waals surface area (Å²) >= 11 is 3.44. The van der Waals surface area contributed by atoms with Crippen LogP contribution < -0.4 is 5.73 Å². The first-order valence-electron chi connectivity index (χ1n) is 5.62. The molecule has 18 heavy (non-hydrogen) atoms. The molecule has 0 aliphatic heterocycles. The Morgan fingerprint density at radius 2 is 2.33 bits per heavy atom. The third-order valence-electron chi connectivity index (χ3n) is 2.73. The van der Waals surface area contributed by atoms with Gasteiger partial charge in [-0.1, -0.05) is 6.07 Å². The number of nitrogen functional groups attached to an aromatic ring is 1. The minimum absolute atomic E-state index is 0.814. The number of thiazole rings is 1. The summed E-state index contributed by atoms with van der Waals surface area (Å²) in [4.78, 5) is 6.85. The molecule has 0 bridgehead atoms. The van der Waals surface area contributed by atoms with Gasteiger partial charge in [-0.2, -0.15) is 0 Å². The standard InChI is InChI=1S/C13H13N3S2/c1-9-2-3-10(14)6-12(9)18-8-11-7-16-4-5-17-13(16)15-11/h2-7H,8,14H2,1H3. The summed E-state index contributed by atoms with van der Waals surface area (Å²) in [5, 5.41) is 2.04. The van der Waals surface area contributed by atoms with Gasteiger partial charge >= 0.3 is 0 Å². The molecule has 0 aliphatic rings. The van der Waals surface area contributed by atoms with Crippen molar-refractivity contribution in [3.05, 3.63) is 47.2 Å². The fourth-order valence-electron chi connectivity index (χ4n) is 1.77. The van der Waals surface area contributed by atoms with Crippen LogP contribution in [0.1, 0.15) is 11.3 Å². The maximum Gasteiger partial charge on any atom is 0.193 e. The number of benzene rings is 1. The monoisotopic (exact) mass is 275 g/mol. The van der Waals surface area contributed by atoms with Gasteiger partial charge in [0.2, 0.25) is 0 Å². The molecule has 0 fully saturated rings. The molecule has 1 aromatic carbocycles. The maximum absolute atomic E-state index is 5.81. The van der Waals surface area contributed by atoms with E-state index < -0.39 is 0 Å². The second-order valence-electron chi connectivity index (χ2n) is 4.14. The summed E-state index contributed by atoms with van der Waals surface area (Å²) in [6.45, 7) is 2.10. The molecule has 92 valence electrons. The van der Waals surface area contributed by atoms with E-state index in [1.165, 1.54) is 10.5 Å². The number of fused-ring (bicyclic) bond motifs is 1. The molecule has 3 rings (SSSR count). The molecular weight excluding hydrogens is 262 g/mol. The molecule has 0 atom stereocenters. The lowest BCUT2D eigenvalue weighted by molar-refractivity contribution is 1.21. The van der Waals surface area contributed by atoms with E-state index in [9.17, 15) is 0 Å². The molecule has 0 unspecified atom stereocenters. The van der Waals surface area contributed by atoms with Crippen molar-refractivity contribution >= 4 is 33.7 Å². The smallest absolute Gasteiger partial charge is 0.193 e. The number of thioether (sulfide) groups is 1. The Balaban J connectivity index is 1.77. The summed E-state index contributed by atoms with van der Waals surface area (Å²) in [6.07, 6.45) is 4.12. The normalized spacial score (nSPS) is 11.2. The minimum atomic E-state index is 0.814. The molecule has 0 radical (unpaired) electrons. The Bertz CT molecular complexity index is 656. The van der Waals surface area contributed by atoms with Crippen molar-refractivity contribution in [1.82, 2.24) is 9.38 Å². The molecule has 2 heterocycles. The van der Waals surface area contributed by atoms with Crippen LogP contribution in [0.2, 0.25) is 0 Å². The molecule has 0 spiro atoms. The first-order valence-corrected chi connectivity index (χ1v) is 7.49. The van der Waals surface area contributed by atoms with Crippen LogP contribution in [0.25, 0.3) is 4.96 Å². The van der Waals surface area contributed by atoms with Gasteiger partial charge in [0.25, 0.3) is 0 Å². The van der Waals surface area contributed by atoms with E-state index in [0.717, 1.165) is 22.1 Å². The predicted molar refractivity (Wildman–Crippen MR) is 78.2 cm³/mol. The van der Waals surface area contributed by atoms with Crippen LogP contribution in [0.15, 0.2) is 40.9 Å². The van der Waals surface area contributed by atoms with Crippen molar-refractivity contribution in [2.45, 2.75) is 17.6 Å². The second-order valence-corrected chi connectivity index (χ2v) is 6.03. The number of nitrogens with two attached hydrogens (primary N) is 1. The lowest BCUT2D eigenvalue weighted by atomic mass is 10.2. The Morgan fingerprint density at radius 3 is 3.17 bits per heavy atom. The average Bonchev–Trinajstić information content (AvgIpc) is 2.90. The topological polar surface area (TPSA) is 43.3 Å². The van der Waals surface area contributed by atoms with Crippen molar-refractivity contribution in [3.63, 3.8) is 0 Å². The van der Waals surface area contributed by atoms with E-state index in [1.807, 2.05) is 23.7 Å². The highest BCUT2D eigenvalue weighted by molar-refractivity contribution is 7.98. The van der Waals surface area contributed by atoms with Crippen molar-refractivity contribution in [2.24, 2.45) is 0 Å². The van der Waals surface area contributed by atoms with Crippen LogP contribution in [0.3, 0.4) is 0 Å². The third kappa shape index (κ3) is 2.23. The van der Waals surface area contributed by atoms with Gasteiger partial charge in [0.1, 0.15) is 0 Å². The summed E-state index contributed by atoms with van der Waals surface area (Å²) in [5.74, 6) is 0.874. The molecule has 0 amide bonds. The Morgan fingerprint density at radius 1 is 1.44 bits per heavy atom. The van der Waals surface area contributed by atoms with E-state index in [-0.39, 0.29) is 0 Å². The first kappa shape index (κ1) is 11.6. The first-order chi connectivity index (χ1) is 8.72. The third-order valence-corrected chi connectivity index (χ3v) is 4.69. The van der Waals surface area contributed by atoms with Gasteiger partial charge in [-0.05, 0) is 24.6 Å². The molecule has 3 aromatic rings. The lowest BCUT2D eigenvalue weighted by Crippen LogP contribution is -1.88. The summed E-state index contributed by atoms with van der Waals surface area (Å²) in [6, 6.07) is 6.02. The number of anilines is 1. The highest BCUT2D eigenvalue weighted by Gasteiger charge is 2.05. The predicted octanol–water partition coefficient (Wildman–Crippen LogP) is 3.58. The quantitative estimate of drug-likeness (QED) is 0.587. The van der Waals surface area contributed by atoms with Gasteiger partial charge in [-0.15, -0.1) is 23.1 Å². The fourth-order valence-corrected chi connectivity index (χ4v) is 3.45. The maximum atomic E-state index is 5.81. The van der Waals surface area contributed by atoms with Crippen molar-refractivity contribution in [1.29, 1.82) is 0 Å². The molecule has 3 nitrogen and oxygen atoms in total. The number of hydrogen-bond donors (Lipinski definition) is 1. The molecule has 2 aromatic heterocycles. The number of hydrogen-bond acceptors (Lipinski definition) is 4. The van der Waals surface area contributed by atoms with E-state index in [4.69, 9.17) is 5.73 Å². The molecule has 2 N–H and O–H groups in total. The zero-order valence-electron chi connectivity index (χ0n) is 9.96. The highest BCUT2D eigenvalue weighted by atomic mass is 32.2. The second kappa shape index (κ2) is 4.66. The zero-order valence-corrected chi connectivity index (χ0v) is 11.6. The summed E-state index contributed by atoms with van der Waals surface area (Å²) in [7, 11) is 0. The fraction of sp³-hybridized carbons (Fsp3) is 0.154. The average molecular weight is 275 g/mol. The van der Waals surface area contributed by atoms with Gasteiger partial charge in [-0.25, -0.2) is 4.98 Å². The Kier molecular flexibility index (Phi) is 3.01. The minimum Gasteiger partial charge on any atom is -0.399 e. The van der Waals surface area contributed by atoms with E-state index >= 15 is 0 Å². The van der Waals surface area contributed by atoms with Crippen LogP contribution >= 0.6 is 23.1 Å². The molecule has 5 heteroatoms. The van der Waals surface area contributed by atoms with E-state index in [2.05, 4.69) is 28.6 Å². The van der Waals surface area contributed by atoms with Crippen molar-refractivity contribution in [3.8, 4) is 0 Å². The zero-order chi connectivity index (χ0) is 12.5. The van der Waals surface area contributed by atoms with Crippen LogP contribution in [-0.4, -0.2) is 9.38 Å². The summed E-state index contributed by atoms with van der Waals surface area (Å²) < 4.78 is 2.06. The molecule has 0 saturated heterocycles. The van der Waals surface area contributed by atoms with Crippen LogP contribution in [0.4, 0.5) is 5.69 Å². The van der Waals surface area contributed by atoms with Crippen molar-refractivity contribution < 1.29 is 0 Å². The van der Waals surface area contributed by atoms with Gasteiger partial charge in [0.15, 0.2) is 4.96 Å². The van der Waals surface area contributed by atoms with Crippen LogP contribution in [-0.2, 0) is 5.75 Å².